The van der Waals surface area contributed by atoms with E-state index in [0.717, 1.165) is 12.1 Å². The number of nitrogens with zero attached hydrogens (tertiary/aromatic N) is 1. The molecule has 1 unspecified atom stereocenters. The van der Waals surface area contributed by atoms with Crippen molar-refractivity contribution in [2.24, 2.45) is 4.99 Å². The molecule has 1 heterocycles. The van der Waals surface area contributed by atoms with Crippen LogP contribution in [0.15, 0.2) is 34.2 Å². The Morgan fingerprint density at radius 3 is 2.41 bits per heavy atom. The second-order valence-corrected chi connectivity index (χ2v) is 11.1. The van der Waals surface area contributed by atoms with Gasteiger partial charge < -0.3 is 10.6 Å². The molecule has 1 aliphatic rings. The van der Waals surface area contributed by atoms with Gasteiger partial charge in [-0.2, -0.15) is 11.8 Å². The van der Waals surface area contributed by atoms with E-state index in [4.69, 9.17) is 0 Å². The lowest BCUT2D eigenvalue weighted by atomic mass is 9.87. The maximum Gasteiger partial charge on any atom is 0.191 e. The lowest BCUT2D eigenvalue weighted by Crippen LogP contribution is -2.41. The van der Waals surface area contributed by atoms with Crippen LogP contribution in [-0.4, -0.2) is 51.3 Å². The monoisotopic (exact) mass is 525 g/mol. The minimum atomic E-state index is -3.31. The summed E-state index contributed by atoms with van der Waals surface area (Å²) in [7, 11) is -1.60. The SMILES string of the molecule is CN=C(NCCS(=O)(=O)c1ccc(C(C)(C)C)cc1)NCC1CCCS1.I. The van der Waals surface area contributed by atoms with Crippen LogP contribution < -0.4 is 10.6 Å². The quantitative estimate of drug-likeness (QED) is 0.339. The predicted octanol–water partition coefficient (Wildman–Crippen LogP) is 3.44. The second-order valence-electron chi connectivity index (χ2n) is 7.61. The van der Waals surface area contributed by atoms with Crippen LogP contribution in [0.25, 0.3) is 0 Å². The molecule has 2 N–H and O–H groups in total. The zero-order valence-electron chi connectivity index (χ0n) is 16.6. The second kappa shape index (κ2) is 10.9. The number of thioether (sulfide) groups is 1. The highest BCUT2D eigenvalue weighted by atomic mass is 127. The molecule has 5 nitrogen and oxygen atoms in total. The molecule has 1 saturated heterocycles. The number of rotatable bonds is 6. The average Bonchev–Trinajstić information content (AvgIpc) is 3.10. The highest BCUT2D eigenvalue weighted by molar-refractivity contribution is 14.0. The number of hydrogen-bond acceptors (Lipinski definition) is 4. The van der Waals surface area contributed by atoms with Gasteiger partial charge in [0.05, 0.1) is 10.6 Å². The molecular weight excluding hydrogens is 493 g/mol. The maximum absolute atomic E-state index is 12.5. The van der Waals surface area contributed by atoms with E-state index in [2.05, 4.69) is 36.4 Å². The first-order valence-electron chi connectivity index (χ1n) is 9.12. The fourth-order valence-corrected chi connectivity index (χ4v) is 5.18. The normalized spacial score (nSPS) is 18.1. The highest BCUT2D eigenvalue weighted by Crippen LogP contribution is 2.25. The van der Waals surface area contributed by atoms with Crippen LogP contribution in [0, 0.1) is 0 Å². The van der Waals surface area contributed by atoms with Crippen molar-refractivity contribution in [2.45, 2.75) is 49.2 Å². The number of aliphatic imine (C=N–C) groups is 1. The van der Waals surface area contributed by atoms with Crippen molar-refractivity contribution in [1.82, 2.24) is 10.6 Å². The molecule has 0 saturated carbocycles. The summed E-state index contributed by atoms with van der Waals surface area (Å²) in [6.45, 7) is 7.54. The van der Waals surface area contributed by atoms with Crippen molar-refractivity contribution in [3.05, 3.63) is 29.8 Å². The predicted molar refractivity (Wildman–Crippen MR) is 127 cm³/mol. The molecular formula is C19H32IN3O2S2. The van der Waals surface area contributed by atoms with Crippen LogP contribution in [0.2, 0.25) is 0 Å². The van der Waals surface area contributed by atoms with Gasteiger partial charge in [0.1, 0.15) is 0 Å². The van der Waals surface area contributed by atoms with Gasteiger partial charge in [0.2, 0.25) is 0 Å². The molecule has 27 heavy (non-hydrogen) atoms. The molecule has 2 rings (SSSR count). The summed E-state index contributed by atoms with van der Waals surface area (Å²) in [6, 6.07) is 7.22. The molecule has 0 bridgehead atoms. The van der Waals surface area contributed by atoms with Crippen molar-refractivity contribution in [3.63, 3.8) is 0 Å². The first-order chi connectivity index (χ1) is 12.2. The molecule has 0 spiro atoms. The fraction of sp³-hybridized carbons (Fsp3) is 0.632. The Morgan fingerprint density at radius 1 is 1.22 bits per heavy atom. The van der Waals surface area contributed by atoms with Crippen molar-refractivity contribution >= 4 is 51.5 Å². The van der Waals surface area contributed by atoms with Crippen molar-refractivity contribution in [2.75, 3.05) is 31.6 Å². The minimum Gasteiger partial charge on any atom is -0.355 e. The van der Waals surface area contributed by atoms with Crippen LogP contribution in [0.3, 0.4) is 0 Å². The average molecular weight is 526 g/mol. The summed E-state index contributed by atoms with van der Waals surface area (Å²) in [5, 5.41) is 7.01. The number of hydrogen-bond donors (Lipinski definition) is 2. The summed E-state index contributed by atoms with van der Waals surface area (Å²) < 4.78 is 25.1. The minimum absolute atomic E-state index is 0. The van der Waals surface area contributed by atoms with E-state index in [-0.39, 0.29) is 35.1 Å². The molecule has 0 amide bonds. The number of nitrogens with one attached hydrogen (secondary N) is 2. The highest BCUT2D eigenvalue weighted by Gasteiger charge is 2.18. The Morgan fingerprint density at radius 2 is 1.89 bits per heavy atom. The number of sulfone groups is 1. The van der Waals surface area contributed by atoms with Crippen LogP contribution >= 0.6 is 35.7 Å². The van der Waals surface area contributed by atoms with Gasteiger partial charge >= 0.3 is 0 Å². The van der Waals surface area contributed by atoms with Gasteiger partial charge in [0, 0.05) is 25.4 Å². The lowest BCUT2D eigenvalue weighted by Gasteiger charge is -2.19. The summed E-state index contributed by atoms with van der Waals surface area (Å²) in [4.78, 5) is 4.54. The lowest BCUT2D eigenvalue weighted by molar-refractivity contribution is 0.586. The molecule has 0 radical (unpaired) electrons. The van der Waals surface area contributed by atoms with Crippen LogP contribution in [0.5, 0.6) is 0 Å². The Labute approximate surface area is 185 Å². The van der Waals surface area contributed by atoms with E-state index in [9.17, 15) is 8.42 Å². The molecule has 1 aliphatic heterocycles. The van der Waals surface area contributed by atoms with Gasteiger partial charge in [-0.25, -0.2) is 8.42 Å². The van der Waals surface area contributed by atoms with Gasteiger partial charge in [-0.15, -0.1) is 24.0 Å². The molecule has 1 atom stereocenters. The van der Waals surface area contributed by atoms with Crippen LogP contribution in [0.4, 0.5) is 0 Å². The van der Waals surface area contributed by atoms with E-state index >= 15 is 0 Å². The van der Waals surface area contributed by atoms with Gasteiger partial charge in [-0.1, -0.05) is 32.9 Å². The summed E-state index contributed by atoms with van der Waals surface area (Å²) >= 11 is 1.98. The Kier molecular flexibility index (Phi) is 9.91. The van der Waals surface area contributed by atoms with E-state index in [1.54, 1.807) is 19.2 Å². The van der Waals surface area contributed by atoms with E-state index in [1.807, 2.05) is 23.9 Å². The summed E-state index contributed by atoms with van der Waals surface area (Å²) in [5.74, 6) is 1.93. The van der Waals surface area contributed by atoms with Crippen molar-refractivity contribution in [1.29, 1.82) is 0 Å². The zero-order valence-corrected chi connectivity index (χ0v) is 20.6. The van der Waals surface area contributed by atoms with Gasteiger partial charge in [-0.3, -0.25) is 4.99 Å². The van der Waals surface area contributed by atoms with Gasteiger partial charge in [-0.05, 0) is 41.7 Å². The zero-order chi connectivity index (χ0) is 19.2. The third kappa shape index (κ3) is 7.81. The molecule has 1 fully saturated rings. The topological polar surface area (TPSA) is 70.6 Å². The van der Waals surface area contributed by atoms with Crippen molar-refractivity contribution < 1.29 is 8.42 Å². The molecule has 1 aromatic carbocycles. The Bertz CT molecular complexity index is 707. The van der Waals surface area contributed by atoms with Gasteiger partial charge in [0.15, 0.2) is 15.8 Å². The maximum atomic E-state index is 12.5. The van der Waals surface area contributed by atoms with E-state index in [1.165, 1.54) is 18.6 Å². The molecule has 154 valence electrons. The first kappa shape index (κ1) is 24.6. The van der Waals surface area contributed by atoms with E-state index < -0.39 is 9.84 Å². The smallest absolute Gasteiger partial charge is 0.191 e. The number of benzene rings is 1. The van der Waals surface area contributed by atoms with E-state index in [0.29, 0.717) is 22.6 Å². The summed E-state index contributed by atoms with van der Waals surface area (Å²) in [5.41, 5.74) is 1.14. The van der Waals surface area contributed by atoms with Crippen LogP contribution in [0.1, 0.15) is 39.2 Å². The largest absolute Gasteiger partial charge is 0.355 e. The molecule has 0 aromatic heterocycles. The number of halogens is 1. The number of guanidine groups is 1. The van der Waals surface area contributed by atoms with Crippen LogP contribution in [-0.2, 0) is 15.3 Å². The molecule has 1 aromatic rings. The Hall–Kier alpha value is -0.480. The standard InChI is InChI=1S/C19H31N3O2S2.HI/c1-19(2,3)15-7-9-17(10-8-15)26(23,24)13-11-21-18(20-4)22-14-16-6-5-12-25-16;/h7-10,16H,5-6,11-14H2,1-4H3,(H2,20,21,22);1H. The van der Waals surface area contributed by atoms with Crippen molar-refractivity contribution in [3.8, 4) is 0 Å². The first-order valence-corrected chi connectivity index (χ1v) is 11.8. The summed E-state index contributed by atoms with van der Waals surface area (Å²) in [6.07, 6.45) is 2.50. The third-order valence-electron chi connectivity index (χ3n) is 4.49. The fourth-order valence-electron chi connectivity index (χ4n) is 2.82. The molecule has 8 heteroatoms. The van der Waals surface area contributed by atoms with Gasteiger partial charge in [0.25, 0.3) is 0 Å². The Balaban J connectivity index is 0.00000364. The third-order valence-corrected chi connectivity index (χ3v) is 7.62. The molecule has 0 aliphatic carbocycles.